The highest BCUT2D eigenvalue weighted by molar-refractivity contribution is 5.32. The van der Waals surface area contributed by atoms with Crippen molar-refractivity contribution in [3.8, 4) is 5.75 Å². The van der Waals surface area contributed by atoms with Gasteiger partial charge in [0.25, 0.3) is 0 Å². The van der Waals surface area contributed by atoms with E-state index in [0.717, 1.165) is 12.0 Å². The molecule has 0 saturated heterocycles. The molecule has 0 bridgehead atoms. The Hall–Kier alpha value is -1.84. The van der Waals surface area contributed by atoms with Crippen molar-refractivity contribution in [3.05, 3.63) is 65.2 Å². The normalized spacial score (nSPS) is 19.5. The van der Waals surface area contributed by atoms with Gasteiger partial charge in [0, 0.05) is 12.6 Å². The molecular formula is C21H27NO2. The van der Waals surface area contributed by atoms with E-state index in [-0.39, 0.29) is 5.75 Å². The lowest BCUT2D eigenvalue weighted by atomic mass is 9.80. The summed E-state index contributed by atoms with van der Waals surface area (Å²) in [6, 6.07) is 15.9. The Morgan fingerprint density at radius 2 is 1.88 bits per heavy atom. The Balaban J connectivity index is 1.53. The molecule has 0 aromatic heterocycles. The van der Waals surface area contributed by atoms with E-state index in [0.29, 0.717) is 18.5 Å². The van der Waals surface area contributed by atoms with Crippen molar-refractivity contribution in [1.82, 2.24) is 5.32 Å². The number of hydrogen-bond donors (Lipinski definition) is 3. The first-order chi connectivity index (χ1) is 11.6. The second kappa shape index (κ2) is 7.82. The average Bonchev–Trinajstić information content (AvgIpc) is 2.61. The lowest BCUT2D eigenvalue weighted by Gasteiger charge is -2.28. The molecule has 128 valence electrons. The van der Waals surface area contributed by atoms with Gasteiger partial charge in [-0.1, -0.05) is 36.4 Å². The molecule has 3 nitrogen and oxygen atoms in total. The summed E-state index contributed by atoms with van der Waals surface area (Å²) in [6.07, 6.45) is 4.27. The first kappa shape index (κ1) is 17.0. The molecule has 3 N–H and O–H groups in total. The third-order valence-electron chi connectivity index (χ3n) is 5.07. The van der Waals surface area contributed by atoms with Crippen molar-refractivity contribution in [2.45, 2.75) is 50.7 Å². The number of hydrogen-bond acceptors (Lipinski definition) is 3. The zero-order valence-corrected chi connectivity index (χ0v) is 14.3. The molecule has 2 aromatic carbocycles. The van der Waals surface area contributed by atoms with Crippen molar-refractivity contribution < 1.29 is 10.2 Å². The number of phenols is 1. The molecule has 1 aliphatic rings. The standard InChI is InChI=1S/C21H27NO2/c1-15(22-14-21(24)17-9-11-19(23)12-10-17)13-18-7-4-6-16-5-2-3-8-20(16)18/h2-3,5,8-12,15,18,21-24H,4,6-7,13-14H2,1H3. The molecule has 0 heterocycles. The zero-order chi connectivity index (χ0) is 16.9. The third-order valence-corrected chi connectivity index (χ3v) is 5.07. The smallest absolute Gasteiger partial charge is 0.115 e. The second-order valence-corrected chi connectivity index (χ2v) is 6.94. The summed E-state index contributed by atoms with van der Waals surface area (Å²) in [7, 11) is 0. The minimum Gasteiger partial charge on any atom is -0.508 e. The molecule has 0 fully saturated rings. The van der Waals surface area contributed by atoms with Crippen LogP contribution in [0.15, 0.2) is 48.5 Å². The molecule has 3 unspecified atom stereocenters. The Morgan fingerprint density at radius 1 is 1.12 bits per heavy atom. The monoisotopic (exact) mass is 325 g/mol. The Bertz CT molecular complexity index is 653. The van der Waals surface area contributed by atoms with Gasteiger partial charge >= 0.3 is 0 Å². The summed E-state index contributed by atoms with van der Waals surface area (Å²) in [5.41, 5.74) is 3.84. The van der Waals surface area contributed by atoms with Gasteiger partial charge in [-0.2, -0.15) is 0 Å². The van der Waals surface area contributed by atoms with Crippen LogP contribution in [-0.4, -0.2) is 22.8 Å². The first-order valence-corrected chi connectivity index (χ1v) is 8.91. The number of fused-ring (bicyclic) bond motifs is 1. The fourth-order valence-electron chi connectivity index (χ4n) is 3.74. The topological polar surface area (TPSA) is 52.5 Å². The van der Waals surface area contributed by atoms with Crippen LogP contribution < -0.4 is 5.32 Å². The predicted octanol–water partition coefficient (Wildman–Crippen LogP) is 3.91. The van der Waals surface area contributed by atoms with Gasteiger partial charge in [0.05, 0.1) is 6.10 Å². The van der Waals surface area contributed by atoms with Crippen LogP contribution >= 0.6 is 0 Å². The predicted molar refractivity (Wildman–Crippen MR) is 97.3 cm³/mol. The Labute approximate surface area is 144 Å². The minimum absolute atomic E-state index is 0.225. The lowest BCUT2D eigenvalue weighted by Crippen LogP contribution is -2.32. The lowest BCUT2D eigenvalue weighted by molar-refractivity contribution is 0.169. The van der Waals surface area contributed by atoms with Crippen LogP contribution in [0.3, 0.4) is 0 Å². The molecule has 3 heteroatoms. The minimum atomic E-state index is -0.549. The van der Waals surface area contributed by atoms with Gasteiger partial charge in [-0.05, 0) is 67.3 Å². The van der Waals surface area contributed by atoms with Crippen molar-refractivity contribution in [3.63, 3.8) is 0 Å². The van der Waals surface area contributed by atoms with E-state index in [1.807, 2.05) is 0 Å². The average molecular weight is 325 g/mol. The van der Waals surface area contributed by atoms with Crippen LogP contribution in [-0.2, 0) is 6.42 Å². The van der Waals surface area contributed by atoms with Crippen molar-refractivity contribution in [1.29, 1.82) is 0 Å². The first-order valence-electron chi connectivity index (χ1n) is 8.91. The Morgan fingerprint density at radius 3 is 2.67 bits per heavy atom. The maximum absolute atomic E-state index is 10.3. The zero-order valence-electron chi connectivity index (χ0n) is 14.3. The third kappa shape index (κ3) is 4.16. The van der Waals surface area contributed by atoms with Crippen LogP contribution in [0, 0.1) is 0 Å². The van der Waals surface area contributed by atoms with Crippen LogP contribution in [0.25, 0.3) is 0 Å². The SMILES string of the molecule is CC(CC1CCCc2ccccc21)NCC(O)c1ccc(O)cc1. The molecule has 3 rings (SSSR count). The van der Waals surface area contributed by atoms with Gasteiger partial charge in [0.15, 0.2) is 0 Å². The number of aliphatic hydroxyl groups excluding tert-OH is 1. The van der Waals surface area contributed by atoms with Crippen LogP contribution in [0.1, 0.15) is 54.9 Å². The molecular weight excluding hydrogens is 298 g/mol. The number of phenolic OH excluding ortho intramolecular Hbond substituents is 1. The van der Waals surface area contributed by atoms with E-state index in [1.165, 1.54) is 30.4 Å². The molecule has 0 amide bonds. The summed E-state index contributed by atoms with van der Waals surface area (Å²) in [5.74, 6) is 0.839. The second-order valence-electron chi connectivity index (χ2n) is 6.94. The molecule has 24 heavy (non-hydrogen) atoms. The molecule has 2 aromatic rings. The van der Waals surface area contributed by atoms with Gasteiger partial charge in [-0.25, -0.2) is 0 Å². The van der Waals surface area contributed by atoms with E-state index in [2.05, 4.69) is 36.5 Å². The summed E-state index contributed by atoms with van der Waals surface area (Å²) in [6.45, 7) is 2.72. The van der Waals surface area contributed by atoms with E-state index in [1.54, 1.807) is 24.3 Å². The van der Waals surface area contributed by atoms with E-state index in [9.17, 15) is 10.2 Å². The van der Waals surface area contributed by atoms with Gasteiger partial charge < -0.3 is 15.5 Å². The highest BCUT2D eigenvalue weighted by atomic mass is 16.3. The van der Waals surface area contributed by atoms with Crippen LogP contribution in [0.5, 0.6) is 5.75 Å². The number of nitrogens with one attached hydrogen (secondary N) is 1. The maximum Gasteiger partial charge on any atom is 0.115 e. The highest BCUT2D eigenvalue weighted by Crippen LogP contribution is 2.34. The summed E-state index contributed by atoms with van der Waals surface area (Å²) in [4.78, 5) is 0. The number of rotatable bonds is 6. The quantitative estimate of drug-likeness (QED) is 0.754. The van der Waals surface area contributed by atoms with Crippen molar-refractivity contribution in [2.24, 2.45) is 0 Å². The van der Waals surface area contributed by atoms with E-state index in [4.69, 9.17) is 0 Å². The maximum atomic E-state index is 10.3. The van der Waals surface area contributed by atoms with Crippen molar-refractivity contribution >= 4 is 0 Å². The van der Waals surface area contributed by atoms with Crippen molar-refractivity contribution in [2.75, 3.05) is 6.54 Å². The number of benzene rings is 2. The van der Waals surface area contributed by atoms with Gasteiger partial charge in [-0.3, -0.25) is 0 Å². The van der Waals surface area contributed by atoms with Crippen LogP contribution in [0.4, 0.5) is 0 Å². The molecule has 0 saturated carbocycles. The number of aromatic hydroxyl groups is 1. The van der Waals surface area contributed by atoms with E-state index >= 15 is 0 Å². The molecule has 1 aliphatic carbocycles. The highest BCUT2D eigenvalue weighted by Gasteiger charge is 2.21. The Kier molecular flexibility index (Phi) is 5.54. The fourth-order valence-corrected chi connectivity index (χ4v) is 3.74. The van der Waals surface area contributed by atoms with Gasteiger partial charge in [0.1, 0.15) is 5.75 Å². The molecule has 0 aliphatic heterocycles. The molecule has 0 spiro atoms. The largest absolute Gasteiger partial charge is 0.508 e. The molecule has 0 radical (unpaired) electrons. The van der Waals surface area contributed by atoms with Gasteiger partial charge in [-0.15, -0.1) is 0 Å². The fraction of sp³-hybridized carbons (Fsp3) is 0.429. The van der Waals surface area contributed by atoms with Crippen LogP contribution in [0.2, 0.25) is 0 Å². The van der Waals surface area contributed by atoms with E-state index < -0.39 is 6.10 Å². The summed E-state index contributed by atoms with van der Waals surface area (Å²) >= 11 is 0. The number of aliphatic hydroxyl groups is 1. The summed E-state index contributed by atoms with van der Waals surface area (Å²) < 4.78 is 0. The summed E-state index contributed by atoms with van der Waals surface area (Å²) in [5, 5.41) is 23.1. The number of aryl methyl sites for hydroxylation is 1. The van der Waals surface area contributed by atoms with Gasteiger partial charge in [0.2, 0.25) is 0 Å². The molecule has 3 atom stereocenters.